The van der Waals surface area contributed by atoms with E-state index in [4.69, 9.17) is 18.9 Å². The Balaban J connectivity index is 1.71. The zero-order chi connectivity index (χ0) is 22.5. The van der Waals surface area contributed by atoms with E-state index in [0.29, 0.717) is 0 Å². The summed E-state index contributed by atoms with van der Waals surface area (Å²) in [5.41, 5.74) is -9.08. The normalized spacial score (nSPS) is 58.5. The highest BCUT2D eigenvalue weighted by molar-refractivity contribution is 5.94. The molecule has 11 heteroatoms. The molecule has 31 heavy (non-hydrogen) atoms. The summed E-state index contributed by atoms with van der Waals surface area (Å²) >= 11 is 0. The lowest BCUT2D eigenvalue weighted by molar-refractivity contribution is -0.240. The fourth-order valence-corrected chi connectivity index (χ4v) is 8.12. The van der Waals surface area contributed by atoms with Gasteiger partial charge < -0.3 is 39.4 Å². The van der Waals surface area contributed by atoms with Crippen molar-refractivity contribution in [3.8, 4) is 0 Å². The number of fused-ring (bicyclic) bond motifs is 1. The molecule has 6 fully saturated rings. The maximum absolute atomic E-state index is 13.4. The van der Waals surface area contributed by atoms with Crippen molar-refractivity contribution in [3.63, 3.8) is 0 Å². The second-order valence-electron chi connectivity index (χ2n) is 10.5. The predicted octanol–water partition coefficient (Wildman–Crippen LogP) is -2.40. The van der Waals surface area contributed by atoms with Gasteiger partial charge in [0.1, 0.15) is 12.2 Å². The van der Waals surface area contributed by atoms with Gasteiger partial charge in [-0.05, 0) is 24.7 Å². The summed E-state index contributed by atoms with van der Waals surface area (Å²) in [4.78, 5) is 38.3. The number of hydrogen-bond donors (Lipinski definition) is 4. The van der Waals surface area contributed by atoms with Crippen molar-refractivity contribution in [2.24, 2.45) is 28.1 Å². The summed E-state index contributed by atoms with van der Waals surface area (Å²) in [6.07, 6.45) is -7.53. The molecular weight excluding hydrogens is 416 g/mol. The van der Waals surface area contributed by atoms with E-state index in [-0.39, 0.29) is 13.0 Å². The van der Waals surface area contributed by atoms with Crippen molar-refractivity contribution < 1.29 is 53.8 Å². The molecule has 170 valence electrons. The average molecular weight is 440 g/mol. The van der Waals surface area contributed by atoms with Gasteiger partial charge in [0.15, 0.2) is 17.8 Å². The molecule has 0 aromatic heterocycles. The fraction of sp³-hybridized carbons (Fsp3) is 0.850. The Kier molecular flexibility index (Phi) is 3.25. The molecule has 0 aromatic carbocycles. The summed E-state index contributed by atoms with van der Waals surface area (Å²) in [7, 11) is 0. The molecule has 2 saturated carbocycles. The quantitative estimate of drug-likeness (QED) is 0.267. The van der Waals surface area contributed by atoms with Gasteiger partial charge in [0.2, 0.25) is 11.9 Å². The SMILES string of the molecule is C[C@@H]1C(=O)O[C@H]2[C@@H](O)[C@@]34[C@H]5C[C@@H](C(C)(C)CO)[C@]36[C@@H](OC(=O)[C@@H]6O)O[C@@]4(C(=O)O5)[C@@]12O. The van der Waals surface area contributed by atoms with Crippen LogP contribution in [0.5, 0.6) is 0 Å². The van der Waals surface area contributed by atoms with Crippen LogP contribution in [0.3, 0.4) is 0 Å². The fourth-order valence-electron chi connectivity index (χ4n) is 8.12. The molecule has 11 atom stereocenters. The number of carbonyl (C=O) groups excluding carboxylic acids is 3. The lowest BCUT2D eigenvalue weighted by Crippen LogP contribution is -2.67. The Morgan fingerprint density at radius 1 is 1.10 bits per heavy atom. The standard InChI is InChI=1S/C20H24O11/c1-6-12(24)29-11-9(22)18-8-4-7(16(2,3)5-21)17(18)10(23)13(25)30-15(17)31-20(18,14(26)28-8)19(6,11)27/h6-11,15,21-23,27H,4-5H2,1-3H3/t6-,7+,8-,9-,10+,11+,15+,17+,18+,19-,20-/m1/s1. The molecule has 0 aromatic rings. The maximum Gasteiger partial charge on any atom is 0.343 e. The van der Waals surface area contributed by atoms with Crippen molar-refractivity contribution >= 4 is 17.9 Å². The number of ether oxygens (including phenoxy) is 4. The molecule has 4 saturated heterocycles. The molecule has 0 bridgehead atoms. The molecule has 4 aliphatic heterocycles. The van der Waals surface area contributed by atoms with Gasteiger partial charge in [-0.1, -0.05) is 13.8 Å². The monoisotopic (exact) mass is 440 g/mol. The third-order valence-corrected chi connectivity index (χ3v) is 9.30. The van der Waals surface area contributed by atoms with Crippen LogP contribution in [0.15, 0.2) is 0 Å². The van der Waals surface area contributed by atoms with E-state index < -0.39 is 87.9 Å². The van der Waals surface area contributed by atoms with Crippen LogP contribution in [-0.4, -0.2) is 86.8 Å². The van der Waals surface area contributed by atoms with Gasteiger partial charge in [-0.25, -0.2) is 9.59 Å². The second-order valence-corrected chi connectivity index (χ2v) is 10.5. The highest BCUT2D eigenvalue weighted by Gasteiger charge is 3.03. The van der Waals surface area contributed by atoms with Crippen molar-refractivity contribution in [2.45, 2.75) is 69.1 Å². The molecule has 11 nitrogen and oxygen atoms in total. The minimum absolute atomic E-state index is 0.0802. The Bertz CT molecular complexity index is 947. The topological polar surface area (TPSA) is 169 Å². The zero-order valence-electron chi connectivity index (χ0n) is 17.1. The van der Waals surface area contributed by atoms with Crippen LogP contribution >= 0.6 is 0 Å². The summed E-state index contributed by atoms with van der Waals surface area (Å²) in [5.74, 6) is -4.77. The Morgan fingerprint density at radius 3 is 2.42 bits per heavy atom. The molecule has 0 radical (unpaired) electrons. The van der Waals surface area contributed by atoms with Crippen molar-refractivity contribution in [1.29, 1.82) is 0 Å². The molecule has 2 aliphatic carbocycles. The van der Waals surface area contributed by atoms with E-state index in [1.54, 1.807) is 13.8 Å². The summed E-state index contributed by atoms with van der Waals surface area (Å²) in [5, 5.41) is 44.8. The first-order chi connectivity index (χ1) is 14.4. The van der Waals surface area contributed by atoms with Crippen molar-refractivity contribution in [2.75, 3.05) is 6.61 Å². The maximum atomic E-state index is 13.4. The number of hydrogen-bond acceptors (Lipinski definition) is 11. The first-order valence-corrected chi connectivity index (χ1v) is 10.4. The molecular formula is C20H24O11. The Labute approximate surface area is 176 Å². The Morgan fingerprint density at radius 2 is 1.77 bits per heavy atom. The number of esters is 3. The average Bonchev–Trinajstić information content (AvgIpc) is 3.42. The number of aliphatic hydroxyl groups is 4. The number of rotatable bonds is 2. The highest BCUT2D eigenvalue weighted by Crippen LogP contribution is 2.84. The van der Waals surface area contributed by atoms with Crippen LogP contribution in [-0.2, 0) is 33.3 Å². The third-order valence-electron chi connectivity index (χ3n) is 9.30. The first-order valence-electron chi connectivity index (χ1n) is 10.4. The second kappa shape index (κ2) is 5.07. The number of aliphatic hydroxyl groups excluding tert-OH is 3. The van der Waals surface area contributed by atoms with Gasteiger partial charge in [-0.15, -0.1) is 0 Å². The third kappa shape index (κ3) is 1.46. The van der Waals surface area contributed by atoms with Crippen molar-refractivity contribution in [3.05, 3.63) is 0 Å². The van der Waals surface area contributed by atoms with Gasteiger partial charge in [-0.2, -0.15) is 0 Å². The minimum atomic E-state index is -2.31. The molecule has 6 rings (SSSR count). The number of carbonyl (C=O) groups is 3. The molecule has 0 unspecified atom stereocenters. The van der Waals surface area contributed by atoms with Gasteiger partial charge in [-0.3, -0.25) is 4.79 Å². The highest BCUT2D eigenvalue weighted by atomic mass is 16.8. The first kappa shape index (κ1) is 19.9. The predicted molar refractivity (Wildman–Crippen MR) is 93.4 cm³/mol. The summed E-state index contributed by atoms with van der Waals surface area (Å²) < 4.78 is 22.4. The smallest absolute Gasteiger partial charge is 0.343 e. The van der Waals surface area contributed by atoms with E-state index in [9.17, 15) is 34.8 Å². The van der Waals surface area contributed by atoms with Crippen LogP contribution in [0, 0.1) is 28.1 Å². The van der Waals surface area contributed by atoms with Crippen LogP contribution < -0.4 is 0 Å². The van der Waals surface area contributed by atoms with E-state index in [1.165, 1.54) is 6.92 Å². The minimum Gasteiger partial charge on any atom is -0.459 e. The van der Waals surface area contributed by atoms with Crippen LogP contribution in [0.1, 0.15) is 27.2 Å². The van der Waals surface area contributed by atoms with E-state index in [2.05, 4.69) is 0 Å². The van der Waals surface area contributed by atoms with Crippen LogP contribution in [0.2, 0.25) is 0 Å². The molecule has 0 amide bonds. The van der Waals surface area contributed by atoms with E-state index >= 15 is 0 Å². The largest absolute Gasteiger partial charge is 0.459 e. The molecule has 4 N–H and O–H groups in total. The molecule has 2 spiro atoms. The lowest BCUT2D eigenvalue weighted by Gasteiger charge is -2.48. The van der Waals surface area contributed by atoms with E-state index in [1.807, 2.05) is 0 Å². The summed E-state index contributed by atoms with van der Waals surface area (Å²) in [6, 6.07) is 0. The van der Waals surface area contributed by atoms with Gasteiger partial charge in [0.05, 0.1) is 16.7 Å². The van der Waals surface area contributed by atoms with Gasteiger partial charge in [0, 0.05) is 6.61 Å². The zero-order valence-corrected chi connectivity index (χ0v) is 17.1. The van der Waals surface area contributed by atoms with Gasteiger partial charge >= 0.3 is 17.9 Å². The van der Waals surface area contributed by atoms with Gasteiger partial charge in [0.25, 0.3) is 0 Å². The van der Waals surface area contributed by atoms with E-state index in [0.717, 1.165) is 0 Å². The summed E-state index contributed by atoms with van der Waals surface area (Å²) in [6.45, 7) is 4.46. The molecule has 4 heterocycles. The van der Waals surface area contributed by atoms with Crippen molar-refractivity contribution in [1.82, 2.24) is 0 Å². The van der Waals surface area contributed by atoms with Crippen LogP contribution in [0.25, 0.3) is 0 Å². The lowest BCUT2D eigenvalue weighted by atomic mass is 9.51. The Hall–Kier alpha value is -1.79. The molecule has 6 aliphatic rings. The van der Waals surface area contributed by atoms with Crippen LogP contribution in [0.4, 0.5) is 0 Å².